The molecule has 1 aliphatic rings. The zero-order valence-electron chi connectivity index (χ0n) is 17.5. The number of methoxy groups -OCH3 is 1. The van der Waals surface area contributed by atoms with Gasteiger partial charge in [0.25, 0.3) is 0 Å². The molecule has 1 atom stereocenters. The molecule has 32 heavy (non-hydrogen) atoms. The molecule has 0 bridgehead atoms. The largest absolute Gasteiger partial charge is 0.453 e. The predicted molar refractivity (Wildman–Crippen MR) is 110 cm³/mol. The number of hydrogen-bond acceptors (Lipinski definition) is 6. The van der Waals surface area contributed by atoms with Crippen LogP contribution in [0.15, 0.2) is 35.5 Å². The van der Waals surface area contributed by atoms with Crippen LogP contribution in [-0.4, -0.2) is 59.4 Å². The van der Waals surface area contributed by atoms with Gasteiger partial charge in [0.1, 0.15) is 17.3 Å². The Morgan fingerprint density at radius 2 is 2.09 bits per heavy atom. The molecule has 1 amide bonds. The van der Waals surface area contributed by atoms with Gasteiger partial charge < -0.3 is 18.8 Å². The summed E-state index contributed by atoms with van der Waals surface area (Å²) in [5, 5.41) is 0. The van der Waals surface area contributed by atoms with Crippen molar-refractivity contribution >= 4 is 23.5 Å². The van der Waals surface area contributed by atoms with Gasteiger partial charge in [-0.2, -0.15) is 4.99 Å². The van der Waals surface area contributed by atoms with E-state index < -0.39 is 23.8 Å². The Hall–Kier alpha value is -3.62. The summed E-state index contributed by atoms with van der Waals surface area (Å²) in [6.07, 6.45) is 2.41. The number of amides is 1. The Labute approximate surface area is 182 Å². The van der Waals surface area contributed by atoms with Crippen LogP contribution in [0, 0.1) is 18.6 Å². The first-order valence-corrected chi connectivity index (χ1v) is 9.90. The molecule has 3 heterocycles. The molecular formula is C22H20F2N4O4. The van der Waals surface area contributed by atoms with E-state index in [4.69, 9.17) is 9.47 Å². The van der Waals surface area contributed by atoms with Crippen molar-refractivity contribution in [2.45, 2.75) is 19.4 Å². The summed E-state index contributed by atoms with van der Waals surface area (Å²) in [5.74, 6) is -1.80. The lowest BCUT2D eigenvalue weighted by atomic mass is 10.0. The number of fused-ring (bicyclic) bond motifs is 1. The highest BCUT2D eigenvalue weighted by Crippen LogP contribution is 2.33. The molecule has 8 nitrogen and oxygen atoms in total. The van der Waals surface area contributed by atoms with Crippen LogP contribution in [0.4, 0.5) is 19.3 Å². The topological polar surface area (TPSA) is 85.5 Å². The van der Waals surface area contributed by atoms with Crippen LogP contribution in [-0.2, 0) is 20.7 Å². The van der Waals surface area contributed by atoms with Gasteiger partial charge in [0.2, 0.25) is 6.08 Å². The summed E-state index contributed by atoms with van der Waals surface area (Å²) in [5.41, 5.74) is 1.59. The van der Waals surface area contributed by atoms with Crippen LogP contribution in [0.1, 0.15) is 11.3 Å². The van der Waals surface area contributed by atoms with Crippen LogP contribution >= 0.6 is 0 Å². The Morgan fingerprint density at radius 1 is 1.34 bits per heavy atom. The number of benzene rings is 1. The monoisotopic (exact) mass is 442 g/mol. The molecule has 3 aromatic rings. The fourth-order valence-corrected chi connectivity index (χ4v) is 3.85. The third-order valence-corrected chi connectivity index (χ3v) is 5.31. The lowest BCUT2D eigenvalue weighted by Gasteiger charge is -2.32. The number of aryl methyl sites for hydroxylation is 1. The van der Waals surface area contributed by atoms with Gasteiger partial charge in [-0.25, -0.2) is 23.4 Å². The average Bonchev–Trinajstić information content (AvgIpc) is 3.10. The van der Waals surface area contributed by atoms with E-state index in [1.54, 1.807) is 16.7 Å². The van der Waals surface area contributed by atoms with E-state index in [9.17, 15) is 18.4 Å². The number of carbonyl (C=O) groups is 1. The Bertz CT molecular complexity index is 1210. The quantitative estimate of drug-likeness (QED) is 0.456. The first kappa shape index (κ1) is 21.6. The number of rotatable bonds is 4. The number of pyridine rings is 1. The van der Waals surface area contributed by atoms with Crippen LogP contribution < -0.4 is 0 Å². The molecule has 0 radical (unpaired) electrons. The predicted octanol–water partition coefficient (Wildman–Crippen LogP) is 3.56. The molecule has 0 aliphatic carbocycles. The smallest absolute Gasteiger partial charge is 0.409 e. The zero-order chi connectivity index (χ0) is 22.8. The Balaban J connectivity index is 1.80. The average molecular weight is 442 g/mol. The van der Waals surface area contributed by atoms with E-state index >= 15 is 0 Å². The number of halogens is 2. The number of imidazole rings is 1. The van der Waals surface area contributed by atoms with Gasteiger partial charge in [0, 0.05) is 31.3 Å². The molecular weight excluding hydrogens is 422 g/mol. The second kappa shape index (κ2) is 8.86. The molecule has 0 spiro atoms. The second-order valence-corrected chi connectivity index (χ2v) is 7.44. The van der Waals surface area contributed by atoms with Crippen molar-refractivity contribution in [3.8, 4) is 11.3 Å². The van der Waals surface area contributed by atoms with Gasteiger partial charge in [-0.3, -0.25) is 0 Å². The summed E-state index contributed by atoms with van der Waals surface area (Å²) < 4.78 is 42.2. The van der Waals surface area contributed by atoms with Crippen molar-refractivity contribution in [2.24, 2.45) is 4.99 Å². The van der Waals surface area contributed by atoms with Crippen molar-refractivity contribution in [3.05, 3.63) is 53.4 Å². The van der Waals surface area contributed by atoms with Crippen molar-refractivity contribution in [2.75, 3.05) is 26.8 Å². The zero-order valence-corrected chi connectivity index (χ0v) is 17.5. The third-order valence-electron chi connectivity index (χ3n) is 5.31. The van der Waals surface area contributed by atoms with Crippen molar-refractivity contribution in [1.82, 2.24) is 14.3 Å². The third kappa shape index (κ3) is 4.10. The highest BCUT2D eigenvalue weighted by atomic mass is 19.1. The molecule has 0 N–H and O–H groups in total. The number of ether oxygens (including phenoxy) is 2. The molecule has 1 saturated heterocycles. The van der Waals surface area contributed by atoms with Crippen LogP contribution in [0.25, 0.3) is 16.9 Å². The lowest BCUT2D eigenvalue weighted by Crippen LogP contribution is -2.46. The van der Waals surface area contributed by atoms with E-state index in [2.05, 4.69) is 9.98 Å². The minimum Gasteiger partial charge on any atom is -0.453 e. The maximum atomic E-state index is 14.9. The number of nitrogens with zero attached hydrogens (tertiary/aromatic N) is 4. The van der Waals surface area contributed by atoms with Crippen molar-refractivity contribution < 1.29 is 27.8 Å². The van der Waals surface area contributed by atoms with Crippen molar-refractivity contribution in [3.63, 3.8) is 0 Å². The first-order valence-electron chi connectivity index (χ1n) is 9.90. The molecule has 1 aliphatic heterocycles. The van der Waals surface area contributed by atoms with E-state index in [1.165, 1.54) is 18.1 Å². The van der Waals surface area contributed by atoms with Gasteiger partial charge in [-0.1, -0.05) is 0 Å². The van der Waals surface area contributed by atoms with E-state index in [0.717, 1.165) is 17.7 Å². The van der Waals surface area contributed by atoms with Gasteiger partial charge in [0.15, 0.2) is 0 Å². The molecule has 4 rings (SSSR count). The summed E-state index contributed by atoms with van der Waals surface area (Å²) >= 11 is 0. The fraction of sp³-hybridized carbons (Fsp3) is 0.318. The Morgan fingerprint density at radius 3 is 2.78 bits per heavy atom. The number of isocyanates is 1. The molecule has 1 aromatic carbocycles. The van der Waals surface area contributed by atoms with E-state index in [0.29, 0.717) is 24.5 Å². The summed E-state index contributed by atoms with van der Waals surface area (Å²) in [4.78, 5) is 31.7. The minimum atomic E-state index is -0.902. The van der Waals surface area contributed by atoms with Crippen LogP contribution in [0.2, 0.25) is 0 Å². The van der Waals surface area contributed by atoms with E-state index in [-0.39, 0.29) is 29.9 Å². The lowest BCUT2D eigenvalue weighted by molar-refractivity contribution is -0.0241. The molecule has 0 unspecified atom stereocenters. The van der Waals surface area contributed by atoms with Crippen LogP contribution in [0.3, 0.4) is 0 Å². The molecule has 1 fully saturated rings. The summed E-state index contributed by atoms with van der Waals surface area (Å²) in [6.45, 7) is 2.86. The van der Waals surface area contributed by atoms with Gasteiger partial charge >= 0.3 is 6.09 Å². The molecule has 2 aromatic heterocycles. The summed E-state index contributed by atoms with van der Waals surface area (Å²) in [6, 6.07) is 5.58. The maximum Gasteiger partial charge on any atom is 0.409 e. The normalized spacial score (nSPS) is 16.1. The maximum absolute atomic E-state index is 14.9. The number of carbonyl (C=O) groups excluding carboxylic acids is 2. The summed E-state index contributed by atoms with van der Waals surface area (Å²) in [7, 11) is 1.31. The SMILES string of the molecule is COC(=O)N1CCO[C@@H](Cc2c(-c3c(F)cc(N=C=O)cc3F)nc3cc(C)ccn23)C1. The first-order chi connectivity index (χ1) is 15.4. The van der Waals surface area contributed by atoms with Crippen LogP contribution in [0.5, 0.6) is 0 Å². The minimum absolute atomic E-state index is 0.117. The number of aliphatic imine (C=N–C) groups is 1. The highest BCUT2D eigenvalue weighted by molar-refractivity contribution is 5.70. The Kier molecular flexibility index (Phi) is 5.98. The molecule has 166 valence electrons. The van der Waals surface area contributed by atoms with Gasteiger partial charge in [0.05, 0.1) is 49.0 Å². The van der Waals surface area contributed by atoms with Gasteiger partial charge in [-0.15, -0.1) is 0 Å². The van der Waals surface area contributed by atoms with Gasteiger partial charge in [-0.05, 0) is 24.6 Å². The number of hydrogen-bond donors (Lipinski definition) is 0. The highest BCUT2D eigenvalue weighted by Gasteiger charge is 2.29. The standard InChI is InChI=1S/C22H20F2N4O4/c1-13-3-4-28-18(10-15-11-27(5-6-32-15)22(30)31-2)21(26-19(28)7-13)20-16(23)8-14(25-12-29)9-17(20)24/h3-4,7-9,15H,5-6,10-11H2,1-2H3/t15-/m0/s1. The van der Waals surface area contributed by atoms with E-state index in [1.807, 2.05) is 13.0 Å². The van der Waals surface area contributed by atoms with Crippen molar-refractivity contribution in [1.29, 1.82) is 0 Å². The molecule has 0 saturated carbocycles. The fourth-order valence-electron chi connectivity index (χ4n) is 3.85. The molecule has 10 heteroatoms. The number of morpholine rings is 1. The number of aromatic nitrogens is 2. The second-order valence-electron chi connectivity index (χ2n) is 7.44.